The van der Waals surface area contributed by atoms with E-state index in [1.165, 1.54) is 18.2 Å². The number of rotatable bonds is 7. The molecule has 160 valence electrons. The molecule has 0 radical (unpaired) electrons. The number of amides is 1. The number of nitrogens with one attached hydrogen (secondary N) is 1. The molecule has 2 N–H and O–H groups in total. The molecule has 0 unspecified atom stereocenters. The fraction of sp³-hybridized carbons (Fsp3) is 0.130. The summed E-state index contributed by atoms with van der Waals surface area (Å²) in [6, 6.07) is 21.5. The summed E-state index contributed by atoms with van der Waals surface area (Å²) in [6.45, 7) is 2.95. The summed E-state index contributed by atoms with van der Waals surface area (Å²) >= 11 is 0. The molecule has 0 aliphatic carbocycles. The highest BCUT2D eigenvalue weighted by atomic mass is 32.2. The molecule has 0 bridgehead atoms. The molecule has 0 heterocycles. The number of aryl methyl sites for hydroxylation is 1. The highest BCUT2D eigenvalue weighted by molar-refractivity contribution is 7.92. The maximum Gasteiger partial charge on any atom is 0.264 e. The first-order chi connectivity index (χ1) is 14.8. The summed E-state index contributed by atoms with van der Waals surface area (Å²) in [5.74, 6) is -0.580. The van der Waals surface area contributed by atoms with Gasteiger partial charge in [0.25, 0.3) is 15.9 Å². The lowest BCUT2D eigenvalue weighted by molar-refractivity contribution is -0.119. The lowest BCUT2D eigenvalue weighted by Crippen LogP contribution is -2.40. The fourth-order valence-corrected chi connectivity index (χ4v) is 4.52. The second-order valence-corrected chi connectivity index (χ2v) is 8.72. The Hall–Kier alpha value is -3.65. The Kier molecular flexibility index (Phi) is 6.71. The molecule has 0 aliphatic rings. The number of hydrogen-bond donors (Lipinski definition) is 2. The molecule has 0 saturated carbocycles. The Bertz CT molecular complexity index is 1210. The van der Waals surface area contributed by atoms with Crippen molar-refractivity contribution in [3.05, 3.63) is 90.0 Å². The van der Waals surface area contributed by atoms with E-state index < -0.39 is 22.5 Å². The molecule has 1 amide bonds. The summed E-state index contributed by atoms with van der Waals surface area (Å²) in [5, 5.41) is 13.9. The van der Waals surface area contributed by atoms with Crippen LogP contribution < -0.4 is 9.73 Å². The van der Waals surface area contributed by atoms with Crippen molar-refractivity contribution in [3.8, 4) is 5.75 Å². The minimum Gasteiger partial charge on any atom is -0.507 e. The first kappa shape index (κ1) is 22.0. The second-order valence-electron chi connectivity index (χ2n) is 6.86. The SMILES string of the molecule is C/C(=N/NC(=O)CN(c1ccccc1C)S(=O)(=O)c1ccccc1)c1ccccc1O. The van der Waals surface area contributed by atoms with Gasteiger partial charge in [-0.25, -0.2) is 13.8 Å². The third-order valence-corrected chi connectivity index (χ3v) is 6.42. The molecule has 0 atom stereocenters. The molecular weight excluding hydrogens is 414 g/mol. The van der Waals surface area contributed by atoms with Crippen LogP contribution >= 0.6 is 0 Å². The van der Waals surface area contributed by atoms with Gasteiger partial charge in [0.05, 0.1) is 16.3 Å². The lowest BCUT2D eigenvalue weighted by Gasteiger charge is -2.25. The normalized spacial score (nSPS) is 11.7. The van der Waals surface area contributed by atoms with Gasteiger partial charge < -0.3 is 5.11 Å². The van der Waals surface area contributed by atoms with Crippen molar-refractivity contribution < 1.29 is 18.3 Å². The van der Waals surface area contributed by atoms with E-state index in [2.05, 4.69) is 10.5 Å². The van der Waals surface area contributed by atoms with E-state index in [9.17, 15) is 18.3 Å². The first-order valence-corrected chi connectivity index (χ1v) is 11.0. The number of phenolic OH excluding ortho intramolecular Hbond substituents is 1. The molecule has 0 saturated heterocycles. The Morgan fingerprint density at radius 1 is 0.968 bits per heavy atom. The average molecular weight is 438 g/mol. The van der Waals surface area contributed by atoms with Crippen molar-refractivity contribution in [3.63, 3.8) is 0 Å². The summed E-state index contributed by atoms with van der Waals surface area (Å²) in [7, 11) is -3.99. The van der Waals surface area contributed by atoms with Crippen molar-refractivity contribution in [1.82, 2.24) is 5.43 Å². The largest absolute Gasteiger partial charge is 0.507 e. The number of sulfonamides is 1. The second kappa shape index (κ2) is 9.44. The van der Waals surface area contributed by atoms with Crippen LogP contribution in [0.15, 0.2) is 88.9 Å². The number of hydrazone groups is 1. The zero-order valence-corrected chi connectivity index (χ0v) is 18.0. The van der Waals surface area contributed by atoms with E-state index >= 15 is 0 Å². The number of carbonyl (C=O) groups is 1. The molecule has 3 aromatic rings. The van der Waals surface area contributed by atoms with Crippen LogP contribution in [0, 0.1) is 6.92 Å². The molecule has 3 aromatic carbocycles. The summed E-state index contributed by atoms with van der Waals surface area (Å²) in [5.41, 5.74) is 4.36. The average Bonchev–Trinajstić information content (AvgIpc) is 2.77. The number of hydrogen-bond acceptors (Lipinski definition) is 5. The predicted octanol–water partition coefficient (Wildman–Crippen LogP) is 3.44. The molecular formula is C23H23N3O4S. The predicted molar refractivity (Wildman–Crippen MR) is 121 cm³/mol. The highest BCUT2D eigenvalue weighted by Gasteiger charge is 2.28. The van der Waals surface area contributed by atoms with Crippen molar-refractivity contribution in [1.29, 1.82) is 0 Å². The van der Waals surface area contributed by atoms with E-state index in [-0.39, 0.29) is 10.6 Å². The van der Waals surface area contributed by atoms with Crippen LogP contribution in [0.2, 0.25) is 0 Å². The van der Waals surface area contributed by atoms with Crippen LogP contribution in [0.5, 0.6) is 5.75 Å². The van der Waals surface area contributed by atoms with E-state index in [0.717, 1.165) is 4.31 Å². The third-order valence-electron chi connectivity index (χ3n) is 4.64. The zero-order valence-electron chi connectivity index (χ0n) is 17.2. The van der Waals surface area contributed by atoms with Gasteiger partial charge >= 0.3 is 0 Å². The topological polar surface area (TPSA) is 99.1 Å². The minimum atomic E-state index is -3.99. The Balaban J connectivity index is 1.89. The molecule has 0 fully saturated rings. The summed E-state index contributed by atoms with van der Waals surface area (Å²) in [4.78, 5) is 12.7. The van der Waals surface area contributed by atoms with Crippen LogP contribution in [0.25, 0.3) is 0 Å². The van der Waals surface area contributed by atoms with Gasteiger partial charge in [0.2, 0.25) is 0 Å². The third kappa shape index (κ3) is 5.10. The Labute approximate surface area is 181 Å². The van der Waals surface area contributed by atoms with Crippen LogP contribution in [-0.4, -0.2) is 31.7 Å². The van der Waals surface area contributed by atoms with Gasteiger partial charge in [-0.15, -0.1) is 0 Å². The lowest BCUT2D eigenvalue weighted by atomic mass is 10.1. The van der Waals surface area contributed by atoms with Crippen molar-refractivity contribution in [2.45, 2.75) is 18.7 Å². The zero-order chi connectivity index (χ0) is 22.4. The van der Waals surface area contributed by atoms with Crippen LogP contribution in [0.3, 0.4) is 0 Å². The van der Waals surface area contributed by atoms with Gasteiger partial charge in [-0.05, 0) is 49.7 Å². The van der Waals surface area contributed by atoms with E-state index in [4.69, 9.17) is 0 Å². The number of aromatic hydroxyl groups is 1. The molecule has 0 spiro atoms. The van der Waals surface area contributed by atoms with Crippen molar-refractivity contribution >= 4 is 27.3 Å². The Morgan fingerprint density at radius 3 is 2.26 bits per heavy atom. The molecule has 7 nitrogen and oxygen atoms in total. The monoisotopic (exact) mass is 437 g/mol. The van der Waals surface area contributed by atoms with E-state index in [1.54, 1.807) is 74.5 Å². The quantitative estimate of drug-likeness (QED) is 0.437. The van der Waals surface area contributed by atoms with Gasteiger partial charge in [-0.2, -0.15) is 5.10 Å². The van der Waals surface area contributed by atoms with Crippen LogP contribution in [0.1, 0.15) is 18.1 Å². The van der Waals surface area contributed by atoms with Crippen LogP contribution in [-0.2, 0) is 14.8 Å². The molecule has 31 heavy (non-hydrogen) atoms. The molecule has 8 heteroatoms. The fourth-order valence-electron chi connectivity index (χ4n) is 3.01. The first-order valence-electron chi connectivity index (χ1n) is 9.55. The number of anilines is 1. The standard InChI is InChI=1S/C23H23N3O4S/c1-17-10-6-8-14-21(17)26(31(29,30)19-11-4-3-5-12-19)16-23(28)25-24-18(2)20-13-7-9-15-22(20)27/h3-15,27H,16H2,1-2H3,(H,25,28)/b24-18-. The number of phenols is 1. The number of carbonyl (C=O) groups excluding carboxylic acids is 1. The van der Waals surface area contributed by atoms with Gasteiger partial charge in [-0.3, -0.25) is 9.10 Å². The number of nitrogens with zero attached hydrogens (tertiary/aromatic N) is 2. The summed E-state index contributed by atoms with van der Waals surface area (Å²) < 4.78 is 27.7. The number of para-hydroxylation sites is 2. The smallest absolute Gasteiger partial charge is 0.264 e. The minimum absolute atomic E-state index is 0.0335. The molecule has 3 rings (SSSR count). The summed E-state index contributed by atoms with van der Waals surface area (Å²) in [6.07, 6.45) is 0. The van der Waals surface area contributed by atoms with Gasteiger partial charge in [0.15, 0.2) is 0 Å². The highest BCUT2D eigenvalue weighted by Crippen LogP contribution is 2.26. The molecule has 0 aromatic heterocycles. The van der Waals surface area contributed by atoms with Gasteiger partial charge in [0.1, 0.15) is 12.3 Å². The number of benzene rings is 3. The maximum absolute atomic E-state index is 13.3. The van der Waals surface area contributed by atoms with E-state index in [1.807, 2.05) is 0 Å². The van der Waals surface area contributed by atoms with Gasteiger partial charge in [-0.1, -0.05) is 48.5 Å². The van der Waals surface area contributed by atoms with E-state index in [0.29, 0.717) is 22.5 Å². The molecule has 0 aliphatic heterocycles. The maximum atomic E-state index is 13.3. The Morgan fingerprint density at radius 2 is 1.58 bits per heavy atom. The van der Waals surface area contributed by atoms with Crippen molar-refractivity contribution in [2.24, 2.45) is 5.10 Å². The van der Waals surface area contributed by atoms with Crippen LogP contribution in [0.4, 0.5) is 5.69 Å². The van der Waals surface area contributed by atoms with Crippen molar-refractivity contribution in [2.75, 3.05) is 10.8 Å². The van der Waals surface area contributed by atoms with Gasteiger partial charge in [0, 0.05) is 5.56 Å².